The fraction of sp³-hybridized carbons (Fsp3) is 0.200. The van der Waals surface area contributed by atoms with Gasteiger partial charge in [0.2, 0.25) is 5.88 Å². The van der Waals surface area contributed by atoms with Gasteiger partial charge in [0, 0.05) is 18.7 Å². The number of aromatic nitrogens is 4. The Morgan fingerprint density at radius 2 is 1.71 bits per heavy atom. The molecule has 42 heavy (non-hydrogen) atoms. The van der Waals surface area contributed by atoms with Gasteiger partial charge in [-0.3, -0.25) is 14.3 Å². The van der Waals surface area contributed by atoms with Gasteiger partial charge < -0.3 is 19.5 Å². The van der Waals surface area contributed by atoms with Crippen LogP contribution in [0.3, 0.4) is 0 Å². The van der Waals surface area contributed by atoms with Gasteiger partial charge in [-0.05, 0) is 61.7 Å². The van der Waals surface area contributed by atoms with E-state index in [9.17, 15) is 14.0 Å². The van der Waals surface area contributed by atoms with Crippen molar-refractivity contribution in [2.75, 3.05) is 19.5 Å². The summed E-state index contributed by atoms with van der Waals surface area (Å²) in [4.78, 5) is 35.2. The van der Waals surface area contributed by atoms with Crippen LogP contribution in [0.25, 0.3) is 16.6 Å². The van der Waals surface area contributed by atoms with Gasteiger partial charge in [0.1, 0.15) is 29.3 Å². The van der Waals surface area contributed by atoms with Crippen LogP contribution in [0.15, 0.2) is 65.7 Å². The molecule has 5 aromatic rings. The van der Waals surface area contributed by atoms with Gasteiger partial charge in [-0.2, -0.15) is 0 Å². The van der Waals surface area contributed by atoms with E-state index in [1.807, 2.05) is 0 Å². The summed E-state index contributed by atoms with van der Waals surface area (Å²) in [7, 11) is 3.01. The maximum Gasteiger partial charge on any atom is 0.284 e. The topological polar surface area (TPSA) is 110 Å². The van der Waals surface area contributed by atoms with E-state index in [0.29, 0.717) is 46.7 Å². The lowest BCUT2D eigenvalue weighted by atomic mass is 10.1. The molecule has 0 aliphatic carbocycles. The smallest absolute Gasteiger partial charge is 0.284 e. The van der Waals surface area contributed by atoms with Crippen molar-refractivity contribution in [3.8, 4) is 28.8 Å². The number of benzene rings is 3. The molecule has 0 fully saturated rings. The van der Waals surface area contributed by atoms with E-state index in [1.165, 1.54) is 61.6 Å². The first-order chi connectivity index (χ1) is 20.4. The van der Waals surface area contributed by atoms with Crippen LogP contribution in [0.4, 0.5) is 14.5 Å². The molecular formula is C30H25F2N5O5. The van der Waals surface area contributed by atoms with Crippen molar-refractivity contribution in [3.63, 3.8) is 0 Å². The number of amides is 1. The van der Waals surface area contributed by atoms with Crippen LogP contribution in [0.5, 0.6) is 23.1 Å². The van der Waals surface area contributed by atoms with Gasteiger partial charge >= 0.3 is 0 Å². The second-order valence-electron chi connectivity index (χ2n) is 9.60. The number of halogens is 2. The number of nitrogens with one attached hydrogen (secondary N) is 1. The molecule has 0 saturated heterocycles. The Balaban J connectivity index is 1.28. The highest BCUT2D eigenvalue weighted by atomic mass is 19.1. The minimum Gasteiger partial charge on any atom is -0.493 e. The van der Waals surface area contributed by atoms with E-state index in [4.69, 9.17) is 14.2 Å². The summed E-state index contributed by atoms with van der Waals surface area (Å²) < 4.78 is 48.4. The molecule has 3 heterocycles. The Kier molecular flexibility index (Phi) is 7.03. The van der Waals surface area contributed by atoms with Crippen molar-refractivity contribution in [1.82, 2.24) is 19.3 Å². The third-order valence-corrected chi connectivity index (χ3v) is 7.09. The van der Waals surface area contributed by atoms with Crippen LogP contribution >= 0.6 is 0 Å². The SMILES string of the molecule is COc1cc2ncnc(Oc3ccc(NC(=O)c4c5n(n(-c6ccc(F)cc6)c4=O)CCCC5)c(F)c3)c2cc1OC. The number of ether oxygens (including phenoxy) is 3. The van der Waals surface area contributed by atoms with E-state index in [2.05, 4.69) is 15.3 Å². The van der Waals surface area contributed by atoms with Crippen LogP contribution in [0.1, 0.15) is 28.9 Å². The molecule has 6 rings (SSSR count). The lowest BCUT2D eigenvalue weighted by Gasteiger charge is -2.19. The van der Waals surface area contributed by atoms with Crippen molar-refractivity contribution >= 4 is 22.5 Å². The Bertz CT molecular complexity index is 1880. The van der Waals surface area contributed by atoms with Crippen molar-refractivity contribution in [3.05, 3.63) is 94.2 Å². The maximum atomic E-state index is 15.2. The molecule has 1 aliphatic rings. The van der Waals surface area contributed by atoms with Crippen LogP contribution in [-0.4, -0.2) is 39.5 Å². The van der Waals surface area contributed by atoms with Crippen molar-refractivity contribution < 1.29 is 27.8 Å². The zero-order chi connectivity index (χ0) is 29.4. The highest BCUT2D eigenvalue weighted by molar-refractivity contribution is 6.05. The number of carbonyl (C=O) groups is 1. The van der Waals surface area contributed by atoms with Gasteiger partial charge in [0.05, 0.1) is 42.2 Å². The van der Waals surface area contributed by atoms with Crippen LogP contribution in [0, 0.1) is 11.6 Å². The number of anilines is 1. The number of nitrogens with zero attached hydrogens (tertiary/aromatic N) is 4. The molecule has 1 N–H and O–H groups in total. The van der Waals surface area contributed by atoms with E-state index in [0.717, 1.165) is 18.9 Å². The molecule has 12 heteroatoms. The predicted molar refractivity (Wildman–Crippen MR) is 150 cm³/mol. The summed E-state index contributed by atoms with van der Waals surface area (Å²) >= 11 is 0. The number of carbonyl (C=O) groups excluding carboxylic acids is 1. The molecule has 2 aromatic heterocycles. The lowest BCUT2D eigenvalue weighted by molar-refractivity contribution is 0.102. The van der Waals surface area contributed by atoms with Gasteiger partial charge in [-0.25, -0.2) is 23.4 Å². The Hall–Kier alpha value is -5.26. The maximum absolute atomic E-state index is 15.2. The summed E-state index contributed by atoms with van der Waals surface area (Å²) in [6.45, 7) is 0.520. The Morgan fingerprint density at radius 1 is 0.952 bits per heavy atom. The quantitative estimate of drug-likeness (QED) is 0.283. The zero-order valence-corrected chi connectivity index (χ0v) is 22.7. The largest absolute Gasteiger partial charge is 0.493 e. The average Bonchev–Trinajstić information content (AvgIpc) is 3.30. The van der Waals surface area contributed by atoms with Crippen LogP contribution in [0.2, 0.25) is 0 Å². The summed E-state index contributed by atoms with van der Waals surface area (Å²) in [5, 5.41) is 3.05. The monoisotopic (exact) mass is 573 g/mol. The summed E-state index contributed by atoms with van der Waals surface area (Å²) in [5.41, 5.74) is 0.759. The normalized spacial score (nSPS) is 12.6. The molecule has 0 radical (unpaired) electrons. The summed E-state index contributed by atoms with van der Waals surface area (Å²) in [5.74, 6) is -0.729. The predicted octanol–water partition coefficient (Wildman–Crippen LogP) is 5.26. The summed E-state index contributed by atoms with van der Waals surface area (Å²) in [6.07, 6.45) is 3.43. The van der Waals surface area contributed by atoms with E-state index in [1.54, 1.807) is 16.8 Å². The highest BCUT2D eigenvalue weighted by Gasteiger charge is 2.28. The number of hydrogen-bond donors (Lipinski definition) is 1. The summed E-state index contributed by atoms with van der Waals surface area (Å²) in [6, 6.07) is 12.7. The fourth-order valence-corrected chi connectivity index (χ4v) is 5.10. The minimum absolute atomic E-state index is 0.0735. The molecule has 3 aromatic carbocycles. The number of rotatable bonds is 7. The molecular weight excluding hydrogens is 548 g/mol. The van der Waals surface area contributed by atoms with Gasteiger partial charge in [0.15, 0.2) is 11.5 Å². The lowest BCUT2D eigenvalue weighted by Crippen LogP contribution is -2.26. The highest BCUT2D eigenvalue weighted by Crippen LogP contribution is 2.36. The van der Waals surface area contributed by atoms with Crippen molar-refractivity contribution in [2.45, 2.75) is 25.8 Å². The van der Waals surface area contributed by atoms with Gasteiger partial charge in [-0.15, -0.1) is 0 Å². The van der Waals surface area contributed by atoms with Gasteiger partial charge in [-0.1, -0.05) is 0 Å². The zero-order valence-electron chi connectivity index (χ0n) is 22.7. The molecule has 0 bridgehead atoms. The van der Waals surface area contributed by atoms with Crippen LogP contribution < -0.4 is 25.1 Å². The third-order valence-electron chi connectivity index (χ3n) is 7.09. The van der Waals surface area contributed by atoms with E-state index < -0.39 is 23.1 Å². The standard InChI is InChI=1S/C30H25F2N5O5/c1-40-25-14-20-23(15-26(25)41-2)33-16-34-29(20)42-19-10-11-22(21(32)13-19)35-28(38)27-24-5-3-4-12-36(24)37(30(27)39)18-8-6-17(31)7-9-18/h6-11,13-16H,3-5,12H2,1-2H3,(H,35,38). The first kappa shape index (κ1) is 26.9. The second-order valence-corrected chi connectivity index (χ2v) is 9.60. The number of hydrogen-bond acceptors (Lipinski definition) is 7. The molecule has 1 aliphatic heterocycles. The molecule has 1 amide bonds. The minimum atomic E-state index is -0.773. The second kappa shape index (κ2) is 11.0. The molecule has 0 spiro atoms. The Morgan fingerprint density at radius 3 is 2.45 bits per heavy atom. The average molecular weight is 574 g/mol. The van der Waals surface area contributed by atoms with E-state index in [-0.39, 0.29) is 22.9 Å². The Labute approximate surface area is 238 Å². The fourth-order valence-electron chi connectivity index (χ4n) is 5.10. The van der Waals surface area contributed by atoms with Crippen molar-refractivity contribution in [2.24, 2.45) is 0 Å². The van der Waals surface area contributed by atoms with Crippen LogP contribution in [-0.2, 0) is 13.0 Å². The van der Waals surface area contributed by atoms with Gasteiger partial charge in [0.25, 0.3) is 11.5 Å². The molecule has 10 nitrogen and oxygen atoms in total. The molecule has 0 atom stereocenters. The van der Waals surface area contributed by atoms with E-state index >= 15 is 4.39 Å². The first-order valence-electron chi connectivity index (χ1n) is 13.1. The number of methoxy groups -OCH3 is 2. The third kappa shape index (κ3) is 4.80. The molecule has 0 unspecified atom stereocenters. The first-order valence-corrected chi connectivity index (χ1v) is 13.1. The number of fused-ring (bicyclic) bond motifs is 2. The van der Waals surface area contributed by atoms with Crippen molar-refractivity contribution in [1.29, 1.82) is 0 Å². The molecule has 0 saturated carbocycles. The molecule has 214 valence electrons.